The van der Waals surface area contributed by atoms with E-state index in [1.807, 2.05) is 7.05 Å². The van der Waals surface area contributed by atoms with Crippen LogP contribution in [0.5, 0.6) is 11.5 Å². The van der Waals surface area contributed by atoms with Crippen LogP contribution in [0, 0.1) is 11.6 Å². The van der Waals surface area contributed by atoms with Crippen LogP contribution in [-0.2, 0) is 29.6 Å². The van der Waals surface area contributed by atoms with E-state index in [0.717, 1.165) is 34.8 Å². The summed E-state index contributed by atoms with van der Waals surface area (Å²) in [6.45, 7) is 4.21. The van der Waals surface area contributed by atoms with E-state index in [-0.39, 0.29) is 37.5 Å². The summed E-state index contributed by atoms with van der Waals surface area (Å²) in [4.78, 5) is 16.9. The third-order valence-electron chi connectivity index (χ3n) is 8.37. The fourth-order valence-corrected chi connectivity index (χ4v) is 9.67. The van der Waals surface area contributed by atoms with E-state index >= 15 is 8.78 Å². The van der Waals surface area contributed by atoms with Crippen LogP contribution in [0.3, 0.4) is 0 Å². The highest BCUT2D eigenvalue weighted by molar-refractivity contribution is 7.89. The van der Waals surface area contributed by atoms with Crippen molar-refractivity contribution < 1.29 is 39.9 Å². The highest BCUT2D eigenvalue weighted by atomic mass is 35.5. The van der Waals surface area contributed by atoms with Crippen molar-refractivity contribution in [2.45, 2.75) is 36.2 Å². The maximum Gasteiger partial charge on any atom is 0.328 e. The Balaban J connectivity index is 1.42. The molecule has 3 heterocycles. The molecule has 2 bridgehead atoms. The third kappa shape index (κ3) is 6.46. The normalized spacial score (nSPS) is 24.0. The van der Waals surface area contributed by atoms with Gasteiger partial charge in [0.1, 0.15) is 11.3 Å². The quantitative estimate of drug-likeness (QED) is 0.350. The first-order valence-electron chi connectivity index (χ1n) is 14.3. The number of carbonyl (C=O) groups is 1. The highest BCUT2D eigenvalue weighted by Gasteiger charge is 2.63. The van der Waals surface area contributed by atoms with Crippen molar-refractivity contribution >= 4 is 37.6 Å². The predicted molar refractivity (Wildman–Crippen MR) is 159 cm³/mol. The number of piperazine rings is 2. The molecule has 2 unspecified atom stereocenters. The molecule has 3 aliphatic rings. The van der Waals surface area contributed by atoms with Gasteiger partial charge < -0.3 is 14.4 Å². The molecule has 16 heteroatoms. The van der Waals surface area contributed by atoms with Crippen LogP contribution in [0.15, 0.2) is 41.3 Å². The highest BCUT2D eigenvalue weighted by Crippen LogP contribution is 2.45. The molecular formula is C28H35ClF2N4O7S2. The van der Waals surface area contributed by atoms with Gasteiger partial charge in [0.05, 0.1) is 17.3 Å². The van der Waals surface area contributed by atoms with Gasteiger partial charge in [0, 0.05) is 56.9 Å². The van der Waals surface area contributed by atoms with E-state index in [1.165, 1.54) is 24.3 Å². The Morgan fingerprint density at radius 3 is 2.30 bits per heavy atom. The summed E-state index contributed by atoms with van der Waals surface area (Å²) in [7, 11) is -6.61. The molecule has 0 saturated carbocycles. The summed E-state index contributed by atoms with van der Waals surface area (Å²) in [6, 6.07) is 6.01. The lowest BCUT2D eigenvalue weighted by Crippen LogP contribution is -2.67. The molecule has 0 radical (unpaired) electrons. The molecule has 3 aliphatic heterocycles. The second-order valence-electron chi connectivity index (χ2n) is 11.3. The summed E-state index contributed by atoms with van der Waals surface area (Å²) in [5.74, 6) is -4.39. The van der Waals surface area contributed by atoms with Crippen molar-refractivity contribution in [2.75, 3.05) is 65.2 Å². The SMILES string of the molecule is CCOC(=O)C12CCC(CN(S(=O)(=O)CCN3CCN(C)CC3)C1)N2S(=O)(=O)c1cc(F)c(Oc2ccc(Cl)cc2)c(F)c1. The van der Waals surface area contributed by atoms with Gasteiger partial charge in [-0.1, -0.05) is 11.6 Å². The van der Waals surface area contributed by atoms with Crippen LogP contribution in [0.4, 0.5) is 8.78 Å². The number of nitrogens with zero attached hydrogens (tertiary/aromatic N) is 4. The van der Waals surface area contributed by atoms with Crippen LogP contribution in [-0.4, -0.2) is 118 Å². The van der Waals surface area contributed by atoms with Crippen molar-refractivity contribution in [3.05, 3.63) is 53.1 Å². The first-order chi connectivity index (χ1) is 20.8. The number of fused-ring (bicyclic) bond motifs is 2. The number of hydrogen-bond donors (Lipinski definition) is 0. The molecule has 2 atom stereocenters. The van der Waals surface area contributed by atoms with Gasteiger partial charge in [-0.05, 0) is 63.2 Å². The molecule has 242 valence electrons. The fraction of sp³-hybridized carbons (Fsp3) is 0.536. The zero-order valence-corrected chi connectivity index (χ0v) is 26.8. The van der Waals surface area contributed by atoms with Crippen molar-refractivity contribution in [3.8, 4) is 11.5 Å². The molecule has 0 aliphatic carbocycles. The van der Waals surface area contributed by atoms with Crippen LogP contribution in [0.1, 0.15) is 19.8 Å². The van der Waals surface area contributed by atoms with Gasteiger partial charge in [0.25, 0.3) is 0 Å². The van der Waals surface area contributed by atoms with Crippen molar-refractivity contribution in [3.63, 3.8) is 0 Å². The molecule has 3 fully saturated rings. The molecule has 0 amide bonds. The van der Waals surface area contributed by atoms with E-state index in [2.05, 4.69) is 9.80 Å². The van der Waals surface area contributed by atoms with Gasteiger partial charge in [-0.15, -0.1) is 0 Å². The first-order valence-corrected chi connectivity index (χ1v) is 17.7. The average Bonchev–Trinajstić information content (AvgIpc) is 3.23. The Labute approximate surface area is 261 Å². The fourth-order valence-electron chi connectivity index (χ4n) is 6.01. The lowest BCUT2D eigenvalue weighted by molar-refractivity contribution is -0.155. The van der Waals surface area contributed by atoms with Gasteiger partial charge in [0.15, 0.2) is 17.4 Å². The van der Waals surface area contributed by atoms with Crippen LogP contribution in [0.25, 0.3) is 0 Å². The zero-order valence-electron chi connectivity index (χ0n) is 24.4. The van der Waals surface area contributed by atoms with Gasteiger partial charge in [-0.25, -0.2) is 30.4 Å². The number of esters is 1. The predicted octanol–water partition coefficient (Wildman–Crippen LogP) is 2.76. The number of sulfonamides is 2. The molecule has 2 aromatic carbocycles. The topological polar surface area (TPSA) is 117 Å². The summed E-state index contributed by atoms with van der Waals surface area (Å²) >= 11 is 5.84. The summed E-state index contributed by atoms with van der Waals surface area (Å²) in [6.07, 6.45) is 0.147. The third-order valence-corrected chi connectivity index (χ3v) is 12.4. The molecule has 2 aromatic rings. The Kier molecular flexibility index (Phi) is 9.57. The number of rotatable bonds is 10. The van der Waals surface area contributed by atoms with Crippen molar-refractivity contribution in [1.29, 1.82) is 0 Å². The Morgan fingerprint density at radius 2 is 1.68 bits per heavy atom. The Morgan fingerprint density at radius 1 is 1.05 bits per heavy atom. The number of halogens is 3. The van der Waals surface area contributed by atoms with E-state index < -0.39 is 66.4 Å². The second-order valence-corrected chi connectivity index (χ2v) is 15.6. The van der Waals surface area contributed by atoms with Crippen LogP contribution in [0.2, 0.25) is 5.02 Å². The largest absolute Gasteiger partial charge is 0.465 e. The van der Waals surface area contributed by atoms with Crippen molar-refractivity contribution in [2.24, 2.45) is 0 Å². The Bertz CT molecular complexity index is 1580. The minimum absolute atomic E-state index is 0.0110. The average molecular weight is 677 g/mol. The molecule has 3 saturated heterocycles. The van der Waals surface area contributed by atoms with Gasteiger partial charge in [-0.3, -0.25) is 4.90 Å². The van der Waals surface area contributed by atoms with E-state index in [4.69, 9.17) is 21.1 Å². The van der Waals surface area contributed by atoms with E-state index in [1.54, 1.807) is 6.92 Å². The number of likely N-dealkylation sites (N-methyl/N-ethyl adjacent to an activating group) is 1. The minimum Gasteiger partial charge on any atom is -0.465 e. The summed E-state index contributed by atoms with van der Waals surface area (Å²) in [5, 5.41) is 0.382. The number of benzene rings is 2. The number of hydrogen-bond acceptors (Lipinski definition) is 9. The first kappa shape index (κ1) is 33.0. The molecule has 0 spiro atoms. The minimum atomic E-state index is -4.72. The monoisotopic (exact) mass is 676 g/mol. The molecular weight excluding hydrogens is 642 g/mol. The molecule has 11 nitrogen and oxygen atoms in total. The standard InChI is InChI=1S/C28H35ClF2N4O7S2/c1-3-41-27(36)28-9-8-21(18-34(19-28)43(37,38)15-14-33-12-10-32(2)11-13-33)35(28)44(39,40)23-16-24(30)26(25(31)17-23)42-22-6-4-20(29)5-7-22/h4-7,16-17,21H,3,8-15,18-19H2,1-2H3. The van der Waals surface area contributed by atoms with E-state index in [0.29, 0.717) is 23.7 Å². The van der Waals surface area contributed by atoms with E-state index in [9.17, 15) is 21.6 Å². The number of carbonyl (C=O) groups excluding carboxylic acids is 1. The van der Waals surface area contributed by atoms with Crippen molar-refractivity contribution in [1.82, 2.24) is 18.4 Å². The van der Waals surface area contributed by atoms with Gasteiger partial charge in [0.2, 0.25) is 20.0 Å². The Hall–Kier alpha value is -2.40. The molecule has 0 N–H and O–H groups in total. The maximum atomic E-state index is 15.2. The summed E-state index contributed by atoms with van der Waals surface area (Å²) < 4.78 is 98.1. The number of ether oxygens (including phenoxy) is 2. The molecule has 0 aromatic heterocycles. The van der Waals surface area contributed by atoms with Gasteiger partial charge in [-0.2, -0.15) is 8.61 Å². The molecule has 44 heavy (non-hydrogen) atoms. The smallest absolute Gasteiger partial charge is 0.328 e. The lowest BCUT2D eigenvalue weighted by atomic mass is 9.98. The van der Waals surface area contributed by atoms with Gasteiger partial charge >= 0.3 is 5.97 Å². The lowest BCUT2D eigenvalue weighted by Gasteiger charge is -2.45. The van der Waals surface area contributed by atoms with Crippen LogP contribution < -0.4 is 4.74 Å². The molecule has 5 rings (SSSR count). The maximum absolute atomic E-state index is 15.2. The zero-order chi connectivity index (χ0) is 31.9. The van der Waals surface area contributed by atoms with Crippen LogP contribution >= 0.6 is 11.6 Å². The summed E-state index contributed by atoms with van der Waals surface area (Å²) in [5.41, 5.74) is -1.90. The second kappa shape index (κ2) is 12.8.